The molecule has 1 fully saturated rings. The third-order valence-electron chi connectivity index (χ3n) is 6.19. The molecule has 0 bridgehead atoms. The molecule has 0 unspecified atom stereocenters. The van der Waals surface area contributed by atoms with E-state index in [1.165, 1.54) is 0 Å². The molecule has 5 rings (SSSR count). The lowest BCUT2D eigenvalue weighted by Crippen LogP contribution is -2.40. The summed E-state index contributed by atoms with van der Waals surface area (Å²) in [5.74, 6) is 1.48. The van der Waals surface area contributed by atoms with Gasteiger partial charge in [-0.1, -0.05) is 30.3 Å². The first kappa shape index (κ1) is 21.3. The fourth-order valence-corrected chi connectivity index (χ4v) is 4.27. The Morgan fingerprint density at radius 2 is 1.82 bits per heavy atom. The summed E-state index contributed by atoms with van der Waals surface area (Å²) >= 11 is 0. The van der Waals surface area contributed by atoms with Crippen molar-refractivity contribution in [3.8, 4) is 11.3 Å². The zero-order chi connectivity index (χ0) is 22.8. The Hall–Kier alpha value is -3.52. The lowest BCUT2D eigenvalue weighted by molar-refractivity contribution is 0.495. The maximum absolute atomic E-state index is 6.12. The number of anilines is 2. The lowest BCUT2D eigenvalue weighted by Gasteiger charge is -2.30. The first-order valence-electron chi connectivity index (χ1n) is 11.6. The van der Waals surface area contributed by atoms with E-state index < -0.39 is 0 Å². The summed E-state index contributed by atoms with van der Waals surface area (Å²) in [6.07, 6.45) is 5.58. The summed E-state index contributed by atoms with van der Waals surface area (Å²) in [6, 6.07) is 14.8. The molecule has 0 amide bonds. The summed E-state index contributed by atoms with van der Waals surface area (Å²) in [5, 5.41) is 3.55. The average Bonchev–Trinajstić information content (AvgIpc) is 3.28. The van der Waals surface area contributed by atoms with Crippen molar-refractivity contribution in [3.63, 3.8) is 0 Å². The van der Waals surface area contributed by atoms with Gasteiger partial charge < -0.3 is 20.5 Å². The molecule has 3 N–H and O–H groups in total. The number of hydrogen-bond donors (Lipinski definition) is 2. The Kier molecular flexibility index (Phi) is 5.92. The van der Waals surface area contributed by atoms with Crippen LogP contribution in [0.5, 0.6) is 0 Å². The van der Waals surface area contributed by atoms with E-state index in [1.807, 2.05) is 36.8 Å². The summed E-state index contributed by atoms with van der Waals surface area (Å²) in [7, 11) is 0. The number of aromatic nitrogens is 5. The minimum absolute atomic E-state index is 0.255. The van der Waals surface area contributed by atoms with E-state index in [4.69, 9.17) is 15.7 Å². The van der Waals surface area contributed by atoms with Gasteiger partial charge in [-0.15, -0.1) is 0 Å². The number of hydrogen-bond acceptors (Lipinski definition) is 7. The molecule has 1 aromatic carbocycles. The Morgan fingerprint density at radius 1 is 1.03 bits per heavy atom. The van der Waals surface area contributed by atoms with Crippen LogP contribution in [0.25, 0.3) is 22.4 Å². The molecule has 4 aromatic rings. The van der Waals surface area contributed by atoms with Crippen molar-refractivity contribution in [2.75, 3.05) is 23.3 Å². The van der Waals surface area contributed by atoms with Crippen LogP contribution in [0, 0.1) is 0 Å². The highest BCUT2D eigenvalue weighted by atomic mass is 15.3. The normalized spacial score (nSPS) is 14.8. The monoisotopic (exact) mass is 442 g/mol. The van der Waals surface area contributed by atoms with E-state index in [2.05, 4.69) is 56.8 Å². The molecule has 0 atom stereocenters. The molecule has 0 spiro atoms. The van der Waals surface area contributed by atoms with Crippen molar-refractivity contribution in [2.24, 2.45) is 5.73 Å². The van der Waals surface area contributed by atoms with E-state index in [-0.39, 0.29) is 12.1 Å². The third-order valence-corrected chi connectivity index (χ3v) is 6.19. The summed E-state index contributed by atoms with van der Waals surface area (Å²) < 4.78 is 2.10. The van der Waals surface area contributed by atoms with E-state index in [1.54, 1.807) is 0 Å². The molecule has 0 aliphatic carbocycles. The maximum Gasteiger partial charge on any atom is 0.229 e. The summed E-state index contributed by atoms with van der Waals surface area (Å²) in [5.41, 5.74) is 11.0. The first-order valence-corrected chi connectivity index (χ1v) is 11.6. The molecule has 1 saturated heterocycles. The van der Waals surface area contributed by atoms with E-state index in [0.29, 0.717) is 6.54 Å². The first-order chi connectivity index (χ1) is 16.1. The minimum Gasteiger partial charge on any atom is -0.364 e. The highest BCUT2D eigenvalue weighted by molar-refractivity contribution is 5.84. The van der Waals surface area contributed by atoms with Crippen molar-refractivity contribution >= 4 is 22.9 Å². The molecule has 1 aliphatic heterocycles. The number of pyridine rings is 1. The number of nitrogens with two attached hydrogens (primary N) is 1. The van der Waals surface area contributed by atoms with Crippen LogP contribution in [0.4, 0.5) is 11.8 Å². The van der Waals surface area contributed by atoms with Gasteiger partial charge in [-0.3, -0.25) is 4.98 Å². The van der Waals surface area contributed by atoms with Crippen LogP contribution in [0.15, 0.2) is 55.0 Å². The second-order valence-electron chi connectivity index (χ2n) is 8.84. The molecule has 3 aromatic heterocycles. The van der Waals surface area contributed by atoms with Crippen LogP contribution in [0.1, 0.15) is 38.3 Å². The number of imidazole rings is 1. The molecular weight excluding hydrogens is 412 g/mol. The Morgan fingerprint density at radius 3 is 2.58 bits per heavy atom. The molecule has 1 aliphatic rings. The molecule has 8 heteroatoms. The Balaban J connectivity index is 1.49. The van der Waals surface area contributed by atoms with Crippen molar-refractivity contribution in [2.45, 2.75) is 45.3 Å². The summed E-state index contributed by atoms with van der Waals surface area (Å²) in [4.78, 5) is 21.2. The lowest BCUT2D eigenvalue weighted by atomic mass is 10.0. The maximum atomic E-state index is 6.12. The van der Waals surface area contributed by atoms with Crippen LogP contribution in [-0.4, -0.2) is 43.6 Å². The molecule has 33 heavy (non-hydrogen) atoms. The molecule has 0 radical (unpaired) electrons. The molecule has 0 saturated carbocycles. The van der Waals surface area contributed by atoms with Crippen LogP contribution < -0.4 is 16.0 Å². The zero-order valence-electron chi connectivity index (χ0n) is 19.1. The second kappa shape index (κ2) is 9.15. The van der Waals surface area contributed by atoms with Crippen molar-refractivity contribution in [3.05, 3.63) is 60.6 Å². The molecule has 4 heterocycles. The van der Waals surface area contributed by atoms with Crippen LogP contribution in [0.2, 0.25) is 0 Å². The standard InChI is InChI=1S/C25H30N8/c1-17(2)33-16-29-22-23(30-25(31-24(22)33)32-13-10-19(26)11-14-32)28-15-18-7-3-4-8-20(18)21-9-5-6-12-27-21/h3-9,12,16-17,19H,10-11,13-15,26H2,1-2H3,(H,28,30,31). The van der Waals surface area contributed by atoms with Gasteiger partial charge in [0.05, 0.1) is 12.0 Å². The van der Waals surface area contributed by atoms with E-state index in [0.717, 1.165) is 65.7 Å². The SMILES string of the molecule is CC(C)n1cnc2c(NCc3ccccc3-c3ccccn3)nc(N3CCC(N)CC3)nc21. The van der Waals surface area contributed by atoms with Crippen molar-refractivity contribution < 1.29 is 0 Å². The number of benzene rings is 1. The van der Waals surface area contributed by atoms with Gasteiger partial charge in [0.25, 0.3) is 0 Å². The number of piperidine rings is 1. The fourth-order valence-electron chi connectivity index (χ4n) is 4.27. The highest BCUT2D eigenvalue weighted by Gasteiger charge is 2.22. The van der Waals surface area contributed by atoms with Gasteiger partial charge in [0.1, 0.15) is 0 Å². The van der Waals surface area contributed by atoms with Gasteiger partial charge in [0.15, 0.2) is 17.0 Å². The third kappa shape index (κ3) is 4.39. The van der Waals surface area contributed by atoms with Crippen LogP contribution in [0.3, 0.4) is 0 Å². The van der Waals surface area contributed by atoms with Gasteiger partial charge in [0, 0.05) is 43.5 Å². The van der Waals surface area contributed by atoms with Gasteiger partial charge in [-0.25, -0.2) is 4.98 Å². The van der Waals surface area contributed by atoms with Crippen LogP contribution >= 0.6 is 0 Å². The predicted molar refractivity (Wildman–Crippen MR) is 132 cm³/mol. The highest BCUT2D eigenvalue weighted by Crippen LogP contribution is 2.28. The molecule has 8 nitrogen and oxygen atoms in total. The van der Waals surface area contributed by atoms with Gasteiger partial charge in [-0.2, -0.15) is 9.97 Å². The van der Waals surface area contributed by atoms with Gasteiger partial charge in [0.2, 0.25) is 5.95 Å². The van der Waals surface area contributed by atoms with Gasteiger partial charge in [-0.05, 0) is 44.4 Å². The van der Waals surface area contributed by atoms with Gasteiger partial charge >= 0.3 is 0 Å². The predicted octanol–water partition coefficient (Wildman–Crippen LogP) is 4.01. The number of nitrogens with zero attached hydrogens (tertiary/aromatic N) is 6. The molecule has 170 valence electrons. The van der Waals surface area contributed by atoms with Crippen molar-refractivity contribution in [1.82, 2.24) is 24.5 Å². The van der Waals surface area contributed by atoms with Crippen molar-refractivity contribution in [1.29, 1.82) is 0 Å². The quantitative estimate of drug-likeness (QED) is 0.466. The summed E-state index contributed by atoms with van der Waals surface area (Å²) in [6.45, 7) is 6.62. The minimum atomic E-state index is 0.255. The van der Waals surface area contributed by atoms with E-state index in [9.17, 15) is 0 Å². The fraction of sp³-hybridized carbons (Fsp3) is 0.360. The zero-order valence-corrected chi connectivity index (χ0v) is 19.1. The average molecular weight is 443 g/mol. The topological polar surface area (TPSA) is 97.8 Å². The Labute approximate surface area is 193 Å². The number of rotatable bonds is 6. The number of nitrogens with one attached hydrogen (secondary N) is 1. The smallest absolute Gasteiger partial charge is 0.229 e. The van der Waals surface area contributed by atoms with E-state index >= 15 is 0 Å². The van der Waals surface area contributed by atoms with Crippen LogP contribution in [-0.2, 0) is 6.54 Å². The molecular formula is C25H30N8. The largest absolute Gasteiger partial charge is 0.364 e. The number of fused-ring (bicyclic) bond motifs is 1. The Bertz CT molecular complexity index is 1230. The second-order valence-corrected chi connectivity index (χ2v) is 8.84.